The van der Waals surface area contributed by atoms with Crippen molar-refractivity contribution in [3.8, 4) is 5.75 Å². The van der Waals surface area contributed by atoms with Gasteiger partial charge in [-0.2, -0.15) is 0 Å². The predicted molar refractivity (Wildman–Crippen MR) is 145 cm³/mol. The summed E-state index contributed by atoms with van der Waals surface area (Å²) in [6.07, 6.45) is 1.90. The third-order valence-corrected chi connectivity index (χ3v) is 9.05. The molecule has 1 heterocycles. The summed E-state index contributed by atoms with van der Waals surface area (Å²) in [5.74, 6) is 0.277. The van der Waals surface area contributed by atoms with E-state index >= 15 is 0 Å². The van der Waals surface area contributed by atoms with Crippen molar-refractivity contribution in [2.45, 2.75) is 44.0 Å². The number of piperidine rings is 1. The van der Waals surface area contributed by atoms with E-state index in [1.54, 1.807) is 50.2 Å². The summed E-state index contributed by atoms with van der Waals surface area (Å²) in [5, 5.41) is 2.78. The quantitative estimate of drug-likeness (QED) is 0.535. The summed E-state index contributed by atoms with van der Waals surface area (Å²) in [6.45, 7) is 4.93. The summed E-state index contributed by atoms with van der Waals surface area (Å²) in [5.41, 5.74) is 2.31. The van der Waals surface area contributed by atoms with Crippen molar-refractivity contribution in [2.24, 2.45) is 0 Å². The molecule has 0 radical (unpaired) electrons. The van der Waals surface area contributed by atoms with E-state index in [1.807, 2.05) is 4.90 Å². The fraction of sp³-hybridized carbons (Fsp3) is 0.481. The lowest BCUT2D eigenvalue weighted by Gasteiger charge is -2.35. The maximum Gasteiger partial charge on any atom is 0.253 e. The van der Waals surface area contributed by atoms with Gasteiger partial charge in [-0.25, -0.2) is 12.7 Å². The highest BCUT2D eigenvalue weighted by Crippen LogP contribution is 2.28. The Morgan fingerprint density at radius 3 is 2.11 bits per heavy atom. The summed E-state index contributed by atoms with van der Waals surface area (Å²) in [7, 11) is 3.35. The number of nitrogens with one attached hydrogen (secondary N) is 1. The molecular weight excluding hydrogens is 492 g/mol. The Balaban J connectivity index is 1.55. The van der Waals surface area contributed by atoms with E-state index in [2.05, 4.69) is 24.3 Å². The van der Waals surface area contributed by atoms with Gasteiger partial charge in [0.15, 0.2) is 0 Å². The van der Waals surface area contributed by atoms with Crippen LogP contribution in [0.25, 0.3) is 0 Å². The van der Waals surface area contributed by atoms with Crippen LogP contribution in [0.15, 0.2) is 41.3 Å². The van der Waals surface area contributed by atoms with E-state index in [4.69, 9.17) is 4.74 Å². The first-order valence-corrected chi connectivity index (χ1v) is 13.8. The molecule has 10 heteroatoms. The van der Waals surface area contributed by atoms with Crippen LogP contribution in [0, 0.1) is 13.8 Å². The summed E-state index contributed by atoms with van der Waals surface area (Å²) in [4.78, 5) is 29.7. The first-order valence-electron chi connectivity index (χ1n) is 12.4. The summed E-state index contributed by atoms with van der Waals surface area (Å²) < 4.78 is 32.7. The lowest BCUT2D eigenvalue weighted by atomic mass is 10.0. The largest absolute Gasteiger partial charge is 0.497 e. The number of nitrogens with zero attached hydrogens (tertiary/aromatic N) is 3. The highest BCUT2D eigenvalue weighted by molar-refractivity contribution is 7.89. The number of amides is 2. The zero-order chi connectivity index (χ0) is 27.3. The first-order chi connectivity index (χ1) is 17.4. The molecule has 1 aliphatic heterocycles. The Bertz CT molecular complexity index is 1200. The molecule has 2 aromatic rings. The minimum atomic E-state index is -3.78. The number of sulfonamides is 1. The van der Waals surface area contributed by atoms with Crippen molar-refractivity contribution < 1.29 is 22.7 Å². The molecule has 0 unspecified atom stereocenters. The van der Waals surface area contributed by atoms with E-state index < -0.39 is 10.0 Å². The van der Waals surface area contributed by atoms with Gasteiger partial charge < -0.3 is 19.9 Å². The van der Waals surface area contributed by atoms with Crippen LogP contribution in [0.3, 0.4) is 0 Å². The van der Waals surface area contributed by atoms with E-state index in [-0.39, 0.29) is 29.7 Å². The van der Waals surface area contributed by atoms with E-state index in [0.29, 0.717) is 34.2 Å². The van der Waals surface area contributed by atoms with Gasteiger partial charge in [-0.05, 0) is 88.3 Å². The minimum Gasteiger partial charge on any atom is -0.497 e. The molecule has 2 amide bonds. The monoisotopic (exact) mass is 530 g/mol. The summed E-state index contributed by atoms with van der Waals surface area (Å²) in [6, 6.07) is 10.7. The van der Waals surface area contributed by atoms with Crippen molar-refractivity contribution in [3.05, 3.63) is 53.1 Å². The third kappa shape index (κ3) is 6.88. The molecule has 2 aromatic carbocycles. The van der Waals surface area contributed by atoms with Crippen LogP contribution >= 0.6 is 0 Å². The molecule has 1 aliphatic rings. The normalized spacial score (nSPS) is 14.8. The number of carbonyl (C=O) groups excluding carboxylic acids is 2. The van der Waals surface area contributed by atoms with Crippen LogP contribution in [-0.4, -0.2) is 88.3 Å². The van der Waals surface area contributed by atoms with Crippen molar-refractivity contribution in [2.75, 3.05) is 53.2 Å². The van der Waals surface area contributed by atoms with Gasteiger partial charge >= 0.3 is 0 Å². The van der Waals surface area contributed by atoms with Gasteiger partial charge in [0.2, 0.25) is 15.9 Å². The first kappa shape index (κ1) is 28.6. The number of aryl methyl sites for hydroxylation is 2. The minimum absolute atomic E-state index is 0.00830. The molecular formula is C27H38N4O5S. The molecule has 0 atom stereocenters. The molecule has 3 rings (SSSR count). The molecule has 9 nitrogen and oxygen atoms in total. The number of likely N-dealkylation sites (tertiary alicyclic amines) is 1. The van der Waals surface area contributed by atoms with Crippen LogP contribution in [-0.2, 0) is 14.8 Å². The molecule has 0 bridgehead atoms. The lowest BCUT2D eigenvalue weighted by Crippen LogP contribution is -2.44. The molecule has 1 saturated heterocycles. The molecule has 1 fully saturated rings. The molecule has 0 saturated carbocycles. The SMILES string of the molecule is COc1cc(C)c(S(=O)(=O)N(C)CCC(=O)Nc2ccc(C(=O)N3CCC(N(C)C)CC3)cc2)c(C)c1. The molecule has 0 aliphatic carbocycles. The molecule has 202 valence electrons. The number of benzene rings is 2. The average Bonchev–Trinajstić information content (AvgIpc) is 2.86. The zero-order valence-corrected chi connectivity index (χ0v) is 23.4. The van der Waals surface area contributed by atoms with Gasteiger partial charge in [0.05, 0.1) is 12.0 Å². The highest BCUT2D eigenvalue weighted by Gasteiger charge is 2.26. The number of carbonyl (C=O) groups is 2. The number of methoxy groups -OCH3 is 1. The van der Waals surface area contributed by atoms with Gasteiger partial charge in [0, 0.05) is 50.4 Å². The fourth-order valence-corrected chi connectivity index (χ4v) is 6.23. The van der Waals surface area contributed by atoms with Crippen molar-refractivity contribution in [1.29, 1.82) is 0 Å². The van der Waals surface area contributed by atoms with E-state index in [1.165, 1.54) is 18.5 Å². The third-order valence-electron chi connectivity index (χ3n) is 6.89. The summed E-state index contributed by atoms with van der Waals surface area (Å²) >= 11 is 0. The van der Waals surface area contributed by atoms with Crippen LogP contribution < -0.4 is 10.1 Å². The van der Waals surface area contributed by atoms with Crippen LogP contribution in [0.4, 0.5) is 5.69 Å². The molecule has 0 spiro atoms. The Morgan fingerprint density at radius 2 is 1.59 bits per heavy atom. The van der Waals surface area contributed by atoms with Crippen molar-refractivity contribution in [3.63, 3.8) is 0 Å². The van der Waals surface area contributed by atoms with Crippen molar-refractivity contribution >= 4 is 27.5 Å². The van der Waals surface area contributed by atoms with Crippen LogP contribution in [0.5, 0.6) is 5.75 Å². The van der Waals surface area contributed by atoms with Crippen molar-refractivity contribution in [1.82, 2.24) is 14.1 Å². The predicted octanol–water partition coefficient (Wildman–Crippen LogP) is 3.13. The van der Waals surface area contributed by atoms with Gasteiger partial charge in [0.25, 0.3) is 5.91 Å². The van der Waals surface area contributed by atoms with Gasteiger partial charge in [0.1, 0.15) is 5.75 Å². The zero-order valence-electron chi connectivity index (χ0n) is 22.6. The Morgan fingerprint density at radius 1 is 1.03 bits per heavy atom. The molecule has 37 heavy (non-hydrogen) atoms. The number of rotatable bonds is 9. The van der Waals surface area contributed by atoms with Crippen LogP contribution in [0.2, 0.25) is 0 Å². The standard InChI is InChI=1S/C27H38N4O5S/c1-19-17-24(36-6)18-20(2)26(19)37(34,35)30(5)14-13-25(32)28-22-9-7-21(8-10-22)27(33)31-15-11-23(12-16-31)29(3)4/h7-10,17-18,23H,11-16H2,1-6H3,(H,28,32). The Hall–Kier alpha value is -2.95. The van der Waals surface area contributed by atoms with Crippen LogP contribution in [0.1, 0.15) is 40.7 Å². The van der Waals surface area contributed by atoms with Gasteiger partial charge in [-0.15, -0.1) is 0 Å². The number of ether oxygens (including phenoxy) is 1. The Labute approximate surface area is 220 Å². The van der Waals surface area contributed by atoms with E-state index in [0.717, 1.165) is 25.9 Å². The fourth-order valence-electron chi connectivity index (χ4n) is 4.66. The maximum absolute atomic E-state index is 13.1. The van der Waals surface area contributed by atoms with Gasteiger partial charge in [-0.1, -0.05) is 0 Å². The number of hydrogen-bond acceptors (Lipinski definition) is 6. The topological polar surface area (TPSA) is 99.3 Å². The van der Waals surface area contributed by atoms with E-state index in [9.17, 15) is 18.0 Å². The maximum atomic E-state index is 13.1. The number of hydrogen-bond donors (Lipinski definition) is 1. The highest BCUT2D eigenvalue weighted by atomic mass is 32.2. The number of anilines is 1. The second kappa shape index (κ2) is 12.1. The molecule has 0 aromatic heterocycles. The lowest BCUT2D eigenvalue weighted by molar-refractivity contribution is -0.116. The second-order valence-corrected chi connectivity index (χ2v) is 11.8. The van der Waals surface area contributed by atoms with Gasteiger partial charge in [-0.3, -0.25) is 9.59 Å². The Kier molecular flexibility index (Phi) is 9.33. The average molecular weight is 531 g/mol. The smallest absolute Gasteiger partial charge is 0.253 e. The second-order valence-electron chi connectivity index (χ2n) is 9.78. The molecule has 1 N–H and O–H groups in total.